The van der Waals surface area contributed by atoms with Gasteiger partial charge in [0.05, 0.1) is 24.9 Å². The highest BCUT2D eigenvalue weighted by Crippen LogP contribution is 2.26. The molecule has 0 aromatic rings. The molecule has 3 aliphatic heterocycles. The third-order valence-electron chi connectivity index (χ3n) is 8.42. The van der Waals surface area contributed by atoms with Crippen LogP contribution in [0.15, 0.2) is 0 Å². The summed E-state index contributed by atoms with van der Waals surface area (Å²) >= 11 is 0. The zero-order valence-electron chi connectivity index (χ0n) is 24.6. The van der Waals surface area contributed by atoms with E-state index in [4.69, 9.17) is 14.3 Å². The van der Waals surface area contributed by atoms with Crippen molar-refractivity contribution in [2.75, 3.05) is 26.2 Å². The lowest BCUT2D eigenvalue weighted by atomic mass is 9.92. The van der Waals surface area contributed by atoms with E-state index in [1.54, 1.807) is 6.92 Å². The fourth-order valence-corrected chi connectivity index (χ4v) is 5.75. The first kappa shape index (κ1) is 35.7. The zero-order valence-corrected chi connectivity index (χ0v) is 24.6. The molecule has 3 heterocycles. The maximum atomic E-state index is 12.1. The number of aliphatic hydroxyl groups is 7. The Morgan fingerprint density at radius 1 is 0.744 bits per heavy atom. The van der Waals surface area contributed by atoms with E-state index in [0.717, 1.165) is 6.42 Å². The maximum absolute atomic E-state index is 12.1. The molecule has 10 atom stereocenters. The van der Waals surface area contributed by atoms with E-state index in [2.05, 4.69) is 4.90 Å². The second-order valence-electron chi connectivity index (χ2n) is 11.7. The second-order valence-corrected chi connectivity index (χ2v) is 11.7. The van der Waals surface area contributed by atoms with Crippen LogP contribution in [-0.4, -0.2) is 151 Å². The fourth-order valence-electron chi connectivity index (χ4n) is 5.75. The molecule has 0 aromatic carbocycles. The first-order valence-electron chi connectivity index (χ1n) is 15.2. The van der Waals surface area contributed by atoms with E-state index in [-0.39, 0.29) is 19.3 Å². The van der Waals surface area contributed by atoms with Crippen molar-refractivity contribution in [3.05, 3.63) is 0 Å². The number of rotatable bonds is 16. The highest BCUT2D eigenvalue weighted by molar-refractivity contribution is 6.01. The number of imide groups is 1. The van der Waals surface area contributed by atoms with E-state index in [1.165, 1.54) is 0 Å². The van der Waals surface area contributed by atoms with Gasteiger partial charge in [-0.3, -0.25) is 9.59 Å². The van der Waals surface area contributed by atoms with Gasteiger partial charge in [0.1, 0.15) is 42.7 Å². The summed E-state index contributed by atoms with van der Waals surface area (Å²) in [6.45, 7) is 2.98. The highest BCUT2D eigenvalue weighted by Gasteiger charge is 2.43. The summed E-state index contributed by atoms with van der Waals surface area (Å²) in [6.07, 6.45) is -6.81. The lowest BCUT2D eigenvalue weighted by molar-refractivity contribution is -0.230. The predicted octanol–water partition coefficient (Wildman–Crippen LogP) is -2.27. The quantitative estimate of drug-likeness (QED) is 0.0713. The van der Waals surface area contributed by atoms with Crippen LogP contribution in [0, 0.1) is 0 Å². The van der Waals surface area contributed by atoms with Crippen LogP contribution in [0.1, 0.15) is 71.1 Å². The maximum Gasteiger partial charge on any atom is 0.333 e. The Kier molecular flexibility index (Phi) is 14.2. The summed E-state index contributed by atoms with van der Waals surface area (Å²) in [7, 11) is 0. The van der Waals surface area contributed by atoms with Gasteiger partial charge in [0.25, 0.3) is 11.8 Å². The first-order chi connectivity index (χ1) is 20.4. The number of amides is 2. The summed E-state index contributed by atoms with van der Waals surface area (Å²) in [6, 6.07) is 0. The van der Waals surface area contributed by atoms with E-state index in [9.17, 15) is 50.1 Å². The van der Waals surface area contributed by atoms with Crippen molar-refractivity contribution in [3.63, 3.8) is 0 Å². The lowest BCUT2D eigenvalue weighted by Crippen LogP contribution is -2.58. The van der Waals surface area contributed by atoms with Crippen LogP contribution in [0.2, 0.25) is 0 Å². The van der Waals surface area contributed by atoms with Crippen molar-refractivity contribution in [1.29, 1.82) is 0 Å². The van der Waals surface area contributed by atoms with Gasteiger partial charge in [-0.15, -0.1) is 5.06 Å². The van der Waals surface area contributed by atoms with Crippen LogP contribution < -0.4 is 0 Å². The first-order valence-corrected chi connectivity index (χ1v) is 15.2. The molecule has 43 heavy (non-hydrogen) atoms. The molecule has 0 radical (unpaired) electrons. The molecule has 3 aliphatic rings. The number of carbonyl (C=O) groups excluding carboxylic acids is 3. The summed E-state index contributed by atoms with van der Waals surface area (Å²) < 4.78 is 11.3. The largest absolute Gasteiger partial charge is 0.394 e. The smallest absolute Gasteiger partial charge is 0.333 e. The third-order valence-corrected chi connectivity index (χ3v) is 8.42. The molecule has 3 fully saturated rings. The average molecular weight is 621 g/mol. The average Bonchev–Trinajstić information content (AvgIpc) is 3.30. The van der Waals surface area contributed by atoms with E-state index in [1.807, 2.05) is 0 Å². The Balaban J connectivity index is 1.45. The molecule has 0 saturated carbocycles. The molecule has 7 N–H and O–H groups in total. The Labute approximate surface area is 250 Å². The van der Waals surface area contributed by atoms with Crippen molar-refractivity contribution in [2.45, 2.75) is 132 Å². The third kappa shape index (κ3) is 9.85. The van der Waals surface area contributed by atoms with Crippen molar-refractivity contribution < 1.29 is 64.4 Å². The minimum absolute atomic E-state index is 0.0335. The van der Waals surface area contributed by atoms with Crippen molar-refractivity contribution in [2.24, 2.45) is 0 Å². The van der Waals surface area contributed by atoms with Crippen LogP contribution >= 0.6 is 0 Å². The molecule has 2 amide bonds. The van der Waals surface area contributed by atoms with Crippen molar-refractivity contribution in [3.8, 4) is 0 Å². The molecule has 15 heteroatoms. The van der Waals surface area contributed by atoms with Gasteiger partial charge in [-0.25, -0.2) is 4.79 Å². The number of aliphatic hydroxyl groups excluding tert-OH is 7. The normalized spacial score (nSPS) is 35.1. The van der Waals surface area contributed by atoms with E-state index in [0.29, 0.717) is 63.2 Å². The van der Waals surface area contributed by atoms with E-state index >= 15 is 0 Å². The summed E-state index contributed by atoms with van der Waals surface area (Å²) in [5.41, 5.74) is 0. The molecule has 3 rings (SSSR count). The molecular formula is C28H48N2O13. The molecule has 15 nitrogen and oxygen atoms in total. The molecule has 0 aromatic heterocycles. The topological polar surface area (TPSA) is 227 Å². The van der Waals surface area contributed by atoms with Gasteiger partial charge in [0.2, 0.25) is 0 Å². The molecular weight excluding hydrogens is 572 g/mol. The summed E-state index contributed by atoms with van der Waals surface area (Å²) in [5.74, 6) is -1.69. The predicted molar refractivity (Wildman–Crippen MR) is 147 cm³/mol. The number of hydrogen-bond acceptors (Lipinski definition) is 14. The number of carbonyl (C=O) groups is 3. The highest BCUT2D eigenvalue weighted by atomic mass is 16.7. The van der Waals surface area contributed by atoms with Crippen molar-refractivity contribution >= 4 is 17.8 Å². The van der Waals surface area contributed by atoms with Gasteiger partial charge in [-0.05, 0) is 65.1 Å². The number of nitrogens with zero attached hydrogens (tertiary/aromatic N) is 2. The van der Waals surface area contributed by atoms with Crippen LogP contribution in [0.25, 0.3) is 0 Å². The summed E-state index contributed by atoms with van der Waals surface area (Å²) in [5, 5.41) is 70.7. The van der Waals surface area contributed by atoms with Gasteiger partial charge in [-0.2, -0.15) is 0 Å². The second kappa shape index (κ2) is 17.1. The minimum atomic E-state index is -1.43. The van der Waals surface area contributed by atoms with Crippen LogP contribution in [0.3, 0.4) is 0 Å². The van der Waals surface area contributed by atoms with Gasteiger partial charge in [0, 0.05) is 19.3 Å². The molecule has 3 saturated heterocycles. The van der Waals surface area contributed by atoms with Crippen LogP contribution in [0.5, 0.6) is 0 Å². The van der Waals surface area contributed by atoms with Gasteiger partial charge < -0.3 is 55.0 Å². The Morgan fingerprint density at radius 2 is 1.26 bits per heavy atom. The summed E-state index contributed by atoms with van der Waals surface area (Å²) in [4.78, 5) is 42.3. The van der Waals surface area contributed by atoms with Gasteiger partial charge >= 0.3 is 5.97 Å². The van der Waals surface area contributed by atoms with Gasteiger partial charge in [0.15, 0.2) is 0 Å². The molecule has 0 unspecified atom stereocenters. The number of hydrogen-bond donors (Lipinski definition) is 7. The Hall–Kier alpha value is -1.79. The SMILES string of the molecule is C[C@@H]1O[C@@H](CCCN(CCCCCC(=O)ON2C(=O)CCC2=O)CCC[C@@H]2O[C@H](CO)[C@@H](O)[C@H](O)[C@H]2O)[C@@H](O)[C@H](O)[C@@H]1O. The lowest BCUT2D eigenvalue weighted by Gasteiger charge is -2.40. The fraction of sp³-hybridized carbons (Fsp3) is 0.893. The Bertz CT molecular complexity index is 892. The Morgan fingerprint density at radius 3 is 1.84 bits per heavy atom. The van der Waals surface area contributed by atoms with E-state index < -0.39 is 85.4 Å². The van der Waals surface area contributed by atoms with Crippen molar-refractivity contribution in [1.82, 2.24) is 9.96 Å². The molecule has 0 aliphatic carbocycles. The monoisotopic (exact) mass is 620 g/mol. The number of ether oxygens (including phenoxy) is 2. The van der Waals surface area contributed by atoms with Gasteiger partial charge in [-0.1, -0.05) is 6.42 Å². The van der Waals surface area contributed by atoms with Crippen LogP contribution in [0.4, 0.5) is 0 Å². The van der Waals surface area contributed by atoms with Crippen LogP contribution in [-0.2, 0) is 28.7 Å². The zero-order chi connectivity index (χ0) is 31.7. The number of hydroxylamine groups is 2. The minimum Gasteiger partial charge on any atom is -0.394 e. The standard InChI is InChI=1S/C28H48N2O13/c1-16-23(35)27(39)24(36)17(41-16)7-5-13-29(14-6-8-18-25(37)28(40)26(38)19(15-31)42-18)12-4-2-3-9-22(34)43-30-20(32)10-11-21(30)33/h16-19,23-28,31,35-40H,2-15H2,1H3/t16-,17-,18-,19+,23+,24+,25-,26+,27+,28+/m0/s1. The molecule has 0 spiro atoms. The molecule has 248 valence electrons. The number of unbranched alkanes of at least 4 members (excludes halogenated alkanes) is 2. The molecule has 0 bridgehead atoms.